The van der Waals surface area contributed by atoms with E-state index in [-0.39, 0.29) is 0 Å². The lowest BCUT2D eigenvalue weighted by Gasteiger charge is -2.11. The molecule has 15 nitrogen and oxygen atoms in total. The third-order valence-electron chi connectivity index (χ3n) is 12.4. The summed E-state index contributed by atoms with van der Waals surface area (Å²) in [6.45, 7) is 0. The van der Waals surface area contributed by atoms with Crippen LogP contribution < -0.4 is 0 Å². The molecule has 15 aromatic rings. The third kappa shape index (κ3) is 4.61. The molecule has 15 heteroatoms. The van der Waals surface area contributed by atoms with E-state index >= 15 is 0 Å². The van der Waals surface area contributed by atoms with Gasteiger partial charge in [0.15, 0.2) is 33.5 Å². The van der Waals surface area contributed by atoms with Crippen molar-refractivity contribution >= 4 is 109 Å². The highest BCUT2D eigenvalue weighted by Gasteiger charge is 2.28. The van der Waals surface area contributed by atoms with E-state index in [0.29, 0.717) is 67.9 Å². The molecule has 0 N–H and O–H groups in total. The summed E-state index contributed by atoms with van der Waals surface area (Å²) in [5, 5.41) is 8.80. The largest absolute Gasteiger partial charge is 0.452 e. The Morgan fingerprint density at radius 3 is 1.08 bits per heavy atom. The average molecular weight is 841 g/mol. The molecule has 15 aromatic heterocycles. The van der Waals surface area contributed by atoms with Crippen LogP contribution in [0.5, 0.6) is 0 Å². The van der Waals surface area contributed by atoms with Gasteiger partial charge in [-0.15, -0.1) is 0 Å². The number of hydrogen-bond acceptors (Lipinski definition) is 13. The van der Waals surface area contributed by atoms with Gasteiger partial charge in [0, 0.05) is 128 Å². The van der Waals surface area contributed by atoms with Gasteiger partial charge in [0.25, 0.3) is 0 Å². The lowest BCUT2D eigenvalue weighted by Crippen LogP contribution is -2.01. The van der Waals surface area contributed by atoms with E-state index in [1.807, 2.05) is 73.3 Å². The van der Waals surface area contributed by atoms with E-state index < -0.39 is 0 Å². The van der Waals surface area contributed by atoms with Crippen LogP contribution in [0.1, 0.15) is 0 Å². The van der Waals surface area contributed by atoms with E-state index in [9.17, 15) is 0 Å². The van der Waals surface area contributed by atoms with Crippen molar-refractivity contribution in [3.05, 3.63) is 147 Å². The Morgan fingerprint density at radius 2 is 0.662 bits per heavy atom. The van der Waals surface area contributed by atoms with Crippen LogP contribution in [0, 0.1) is 0 Å². The van der Waals surface area contributed by atoms with Crippen LogP contribution in [-0.4, -0.2) is 59.0 Å². The van der Waals surface area contributed by atoms with E-state index in [4.69, 9.17) is 33.2 Å². The Hall–Kier alpha value is -9.50. The molecule has 0 spiro atoms. The fourth-order valence-corrected chi connectivity index (χ4v) is 9.66. The van der Waals surface area contributed by atoms with Crippen LogP contribution >= 0.6 is 0 Å². The highest BCUT2D eigenvalue weighted by atomic mass is 16.3. The Bertz CT molecular complexity index is 4130. The number of furan rings is 3. The summed E-state index contributed by atoms with van der Waals surface area (Å²) in [5.41, 5.74) is 8.84. The Labute approximate surface area is 362 Å². The summed E-state index contributed by atoms with van der Waals surface area (Å²) in [5.74, 6) is 1.23. The summed E-state index contributed by atoms with van der Waals surface area (Å²) >= 11 is 0. The second-order valence-electron chi connectivity index (χ2n) is 15.8. The van der Waals surface area contributed by atoms with E-state index in [1.54, 1.807) is 62.0 Å². The molecule has 0 aliphatic carbocycles. The average Bonchev–Trinajstić information content (AvgIpc) is 4.18. The van der Waals surface area contributed by atoms with Gasteiger partial charge >= 0.3 is 0 Å². The summed E-state index contributed by atoms with van der Waals surface area (Å²) in [6.07, 6.45) is 25.0. The highest BCUT2D eigenvalue weighted by Crippen LogP contribution is 2.45. The minimum absolute atomic E-state index is 0.465. The maximum absolute atomic E-state index is 7.19. The summed E-state index contributed by atoms with van der Waals surface area (Å²) in [4.78, 5) is 47.5. The van der Waals surface area contributed by atoms with Gasteiger partial charge in [-0.3, -0.25) is 49.0 Å². The predicted octanol–water partition coefficient (Wildman–Crippen LogP) is 10.9. The van der Waals surface area contributed by atoms with Crippen molar-refractivity contribution < 1.29 is 13.3 Å². The van der Waals surface area contributed by atoms with Crippen molar-refractivity contribution in [1.29, 1.82) is 0 Å². The number of fused-ring (bicyclic) bond motifs is 15. The molecule has 15 rings (SSSR count). The zero-order valence-electron chi connectivity index (χ0n) is 33.4. The molecule has 0 aromatic carbocycles. The molecular formula is C50H24N12O3. The number of hydrogen-bond donors (Lipinski definition) is 0. The van der Waals surface area contributed by atoms with Gasteiger partial charge in [-0.1, -0.05) is 0 Å². The number of pyridine rings is 10. The molecule has 0 radical (unpaired) electrons. The molecule has 0 atom stereocenters. The number of nitrogens with zero attached hydrogens (tertiary/aromatic N) is 12. The smallest absolute Gasteiger partial charge is 0.163 e. The molecule has 0 aliphatic rings. The Morgan fingerprint density at radius 1 is 0.308 bits per heavy atom. The molecule has 0 aliphatic heterocycles. The van der Waals surface area contributed by atoms with Crippen LogP contribution in [0.4, 0.5) is 0 Å². The second kappa shape index (κ2) is 12.5. The molecule has 0 bridgehead atoms. The normalized spacial score (nSPS) is 12.3. The molecule has 0 unspecified atom stereocenters. The van der Waals surface area contributed by atoms with Crippen molar-refractivity contribution in [2.24, 2.45) is 0 Å². The van der Waals surface area contributed by atoms with Gasteiger partial charge < -0.3 is 13.3 Å². The second-order valence-corrected chi connectivity index (χ2v) is 15.8. The van der Waals surface area contributed by atoms with Gasteiger partial charge in [-0.05, 0) is 60.7 Å². The van der Waals surface area contributed by atoms with Gasteiger partial charge in [0.2, 0.25) is 0 Å². The lowest BCUT2D eigenvalue weighted by molar-refractivity contribution is 0.658. The molecule has 0 saturated heterocycles. The summed E-state index contributed by atoms with van der Waals surface area (Å²) in [6, 6.07) is 19.8. The first-order valence-electron chi connectivity index (χ1n) is 20.6. The molecular weight excluding hydrogens is 817 g/mol. The quantitative estimate of drug-likeness (QED) is 0.164. The van der Waals surface area contributed by atoms with E-state index in [1.165, 1.54) is 0 Å². The SMILES string of the molecule is c1cc2c(cn1)oc1c(-c3nc(-n4c5ccncc5c5cnccc54)cc4c3oc3c(-c5nccc6c5oc5cnccc56)nc(-n5c6ccncc6c6cnccc65)cc34)nccc12. The van der Waals surface area contributed by atoms with Crippen molar-refractivity contribution in [2.75, 3.05) is 0 Å². The van der Waals surface area contributed by atoms with E-state index in [0.717, 1.165) is 75.9 Å². The zero-order valence-corrected chi connectivity index (χ0v) is 33.4. The number of rotatable bonds is 4. The number of aromatic nitrogens is 12. The van der Waals surface area contributed by atoms with Gasteiger partial charge in [-0.25, -0.2) is 9.97 Å². The zero-order chi connectivity index (χ0) is 42.3. The first kappa shape index (κ1) is 34.1. The van der Waals surface area contributed by atoms with Crippen LogP contribution in [0.15, 0.2) is 161 Å². The van der Waals surface area contributed by atoms with Gasteiger partial charge in [0.05, 0.1) is 34.5 Å². The monoisotopic (exact) mass is 840 g/mol. The molecule has 0 amide bonds. The molecule has 0 saturated carbocycles. The molecule has 65 heavy (non-hydrogen) atoms. The van der Waals surface area contributed by atoms with E-state index in [2.05, 4.69) is 51.2 Å². The Balaban J connectivity index is 1.13. The van der Waals surface area contributed by atoms with Crippen LogP contribution in [0.3, 0.4) is 0 Å². The third-order valence-corrected chi connectivity index (χ3v) is 12.4. The fourth-order valence-electron chi connectivity index (χ4n) is 9.66. The Kier molecular flexibility index (Phi) is 6.59. The van der Waals surface area contributed by atoms with Crippen molar-refractivity contribution in [2.45, 2.75) is 0 Å². The standard InChI is InChI=1S/C50H24N12O3/c1-9-55-23-39-25(1)27-3-15-57-43(47(27)63-39)45-49-29(17-41(59-45)61-35-5-11-51-19-31(35)32-20-52-12-6-36(32)61)30-18-42(62-37-7-13-53-21-33(37)34-22-54-14-8-38(34)62)60-46(50(30)65-49)44-48-28(4-16-58-44)26-2-10-56-24-40(26)64-48/h1-24H. The molecule has 15 heterocycles. The van der Waals surface area contributed by atoms with Crippen molar-refractivity contribution in [3.8, 4) is 34.4 Å². The predicted molar refractivity (Wildman–Crippen MR) is 246 cm³/mol. The topological polar surface area (TPSA) is 178 Å². The maximum atomic E-state index is 7.19. The summed E-state index contributed by atoms with van der Waals surface area (Å²) in [7, 11) is 0. The lowest BCUT2D eigenvalue weighted by atomic mass is 10.1. The minimum Gasteiger partial charge on any atom is -0.452 e. The van der Waals surface area contributed by atoms with Gasteiger partial charge in [-0.2, -0.15) is 0 Å². The molecule has 0 fully saturated rings. The first-order chi connectivity index (χ1) is 32.2. The summed E-state index contributed by atoms with van der Waals surface area (Å²) < 4.78 is 24.6. The van der Waals surface area contributed by atoms with Crippen molar-refractivity contribution in [1.82, 2.24) is 59.0 Å². The first-order valence-corrected chi connectivity index (χ1v) is 20.6. The van der Waals surface area contributed by atoms with Crippen LogP contribution in [0.2, 0.25) is 0 Å². The fraction of sp³-hybridized carbons (Fsp3) is 0. The van der Waals surface area contributed by atoms with Crippen LogP contribution in [0.25, 0.3) is 144 Å². The highest BCUT2D eigenvalue weighted by molar-refractivity contribution is 6.18. The minimum atomic E-state index is 0.465. The van der Waals surface area contributed by atoms with Crippen molar-refractivity contribution in [3.63, 3.8) is 0 Å². The molecule has 302 valence electrons. The van der Waals surface area contributed by atoms with Crippen LogP contribution in [-0.2, 0) is 0 Å². The maximum Gasteiger partial charge on any atom is 0.163 e. The van der Waals surface area contributed by atoms with Gasteiger partial charge in [0.1, 0.15) is 34.4 Å².